The van der Waals surface area contributed by atoms with Gasteiger partial charge in [-0.25, -0.2) is 0 Å². The van der Waals surface area contributed by atoms with Crippen LogP contribution in [0, 0.1) is 0 Å². The molecule has 2 amide bonds. The van der Waals surface area contributed by atoms with Gasteiger partial charge in [0.25, 0.3) is 5.91 Å². The highest BCUT2D eigenvalue weighted by Crippen LogP contribution is 2.10. The van der Waals surface area contributed by atoms with Crippen molar-refractivity contribution in [3.05, 3.63) is 29.8 Å². The summed E-state index contributed by atoms with van der Waals surface area (Å²) in [4.78, 5) is 23.9. The van der Waals surface area contributed by atoms with Gasteiger partial charge in [-0.15, -0.1) is 0 Å². The molecule has 1 aromatic carbocycles. The summed E-state index contributed by atoms with van der Waals surface area (Å²) in [5.41, 5.74) is 1.21. The zero-order valence-electron chi connectivity index (χ0n) is 15.0. The van der Waals surface area contributed by atoms with Crippen LogP contribution in [0.25, 0.3) is 0 Å². The molecule has 0 fully saturated rings. The fourth-order valence-corrected chi connectivity index (χ4v) is 2.34. The maximum absolute atomic E-state index is 11.9. The number of unbranched alkanes of at least 4 members (excludes halogenated alkanes) is 4. The molecule has 3 N–H and O–H groups in total. The Morgan fingerprint density at radius 3 is 2.50 bits per heavy atom. The van der Waals surface area contributed by atoms with Gasteiger partial charge in [0.05, 0.1) is 6.54 Å². The van der Waals surface area contributed by atoms with E-state index in [9.17, 15) is 9.59 Å². The van der Waals surface area contributed by atoms with Gasteiger partial charge >= 0.3 is 0 Å². The highest BCUT2D eigenvalue weighted by molar-refractivity contribution is 5.97. The number of anilines is 1. The molecule has 0 saturated heterocycles. The van der Waals surface area contributed by atoms with Crippen molar-refractivity contribution in [1.29, 1.82) is 0 Å². The normalized spacial score (nSPS) is 10.4. The molecule has 0 aliphatic rings. The quantitative estimate of drug-likeness (QED) is 0.514. The predicted octanol–water partition coefficient (Wildman–Crippen LogP) is 3.32. The first-order chi connectivity index (χ1) is 11.7. The molecule has 0 radical (unpaired) electrons. The van der Waals surface area contributed by atoms with Crippen molar-refractivity contribution in [1.82, 2.24) is 10.6 Å². The van der Waals surface area contributed by atoms with Gasteiger partial charge in [0.1, 0.15) is 0 Å². The fraction of sp³-hybridized carbons (Fsp3) is 0.579. The number of hydrogen-bond donors (Lipinski definition) is 3. The van der Waals surface area contributed by atoms with Crippen molar-refractivity contribution in [2.45, 2.75) is 52.4 Å². The maximum atomic E-state index is 11.9. The third-order valence-corrected chi connectivity index (χ3v) is 3.69. The first kappa shape index (κ1) is 20.2. The van der Waals surface area contributed by atoms with Crippen molar-refractivity contribution in [3.8, 4) is 0 Å². The zero-order valence-corrected chi connectivity index (χ0v) is 15.0. The molecular weight excluding hydrogens is 302 g/mol. The van der Waals surface area contributed by atoms with Crippen molar-refractivity contribution in [2.75, 3.05) is 25.0 Å². The minimum absolute atomic E-state index is 0.0883. The van der Waals surface area contributed by atoms with Gasteiger partial charge in [0, 0.05) is 17.8 Å². The molecule has 1 aromatic rings. The Morgan fingerprint density at radius 2 is 1.75 bits per heavy atom. The van der Waals surface area contributed by atoms with Crippen LogP contribution in [0.2, 0.25) is 0 Å². The summed E-state index contributed by atoms with van der Waals surface area (Å²) in [6.07, 6.45) is 6.98. The van der Waals surface area contributed by atoms with Crippen molar-refractivity contribution in [3.63, 3.8) is 0 Å². The van der Waals surface area contributed by atoms with Crippen LogP contribution < -0.4 is 16.0 Å². The number of rotatable bonds is 12. The molecule has 0 aromatic heterocycles. The van der Waals surface area contributed by atoms with E-state index in [1.54, 1.807) is 24.3 Å². The zero-order chi connectivity index (χ0) is 17.6. The molecule has 0 atom stereocenters. The Labute approximate surface area is 145 Å². The molecule has 0 unspecified atom stereocenters. The minimum atomic E-state index is -0.113. The molecule has 5 heteroatoms. The summed E-state index contributed by atoms with van der Waals surface area (Å²) in [6.45, 7) is 6.01. The first-order valence-electron chi connectivity index (χ1n) is 9.06. The third kappa shape index (κ3) is 8.67. The van der Waals surface area contributed by atoms with Gasteiger partial charge in [-0.3, -0.25) is 9.59 Å². The number of nitrogens with one attached hydrogen (secondary N) is 3. The van der Waals surface area contributed by atoms with Crippen molar-refractivity contribution in [2.24, 2.45) is 0 Å². The SMILES string of the molecule is CCCCCCCNCC(=O)Nc1cccc(C(=O)NCCC)c1. The molecule has 5 nitrogen and oxygen atoms in total. The van der Waals surface area contributed by atoms with E-state index in [-0.39, 0.29) is 11.8 Å². The predicted molar refractivity (Wildman–Crippen MR) is 99.3 cm³/mol. The second-order valence-corrected chi connectivity index (χ2v) is 5.98. The number of carbonyl (C=O) groups excluding carboxylic acids is 2. The summed E-state index contributed by atoms with van der Waals surface area (Å²) in [6, 6.07) is 7.01. The first-order valence-corrected chi connectivity index (χ1v) is 9.06. The lowest BCUT2D eigenvalue weighted by Gasteiger charge is -2.09. The molecule has 0 aliphatic carbocycles. The largest absolute Gasteiger partial charge is 0.352 e. The summed E-state index contributed by atoms with van der Waals surface area (Å²) >= 11 is 0. The van der Waals surface area contributed by atoms with E-state index in [1.165, 1.54) is 25.7 Å². The van der Waals surface area contributed by atoms with Crippen molar-refractivity contribution < 1.29 is 9.59 Å². The lowest BCUT2D eigenvalue weighted by atomic mass is 10.1. The van der Waals surface area contributed by atoms with E-state index in [2.05, 4.69) is 22.9 Å². The lowest BCUT2D eigenvalue weighted by molar-refractivity contribution is -0.115. The van der Waals surface area contributed by atoms with Crippen LogP contribution in [0.15, 0.2) is 24.3 Å². The van der Waals surface area contributed by atoms with Crippen LogP contribution in [0.4, 0.5) is 5.69 Å². The smallest absolute Gasteiger partial charge is 0.251 e. The fourth-order valence-electron chi connectivity index (χ4n) is 2.34. The third-order valence-electron chi connectivity index (χ3n) is 3.69. The Morgan fingerprint density at radius 1 is 0.958 bits per heavy atom. The van der Waals surface area contributed by atoms with Crippen molar-refractivity contribution >= 4 is 17.5 Å². The summed E-state index contributed by atoms with van der Waals surface area (Å²) < 4.78 is 0. The number of benzene rings is 1. The molecule has 134 valence electrons. The summed E-state index contributed by atoms with van der Waals surface area (Å²) in [7, 11) is 0. The number of amides is 2. The van der Waals surface area contributed by atoms with Gasteiger partial charge < -0.3 is 16.0 Å². The maximum Gasteiger partial charge on any atom is 0.251 e. The van der Waals surface area contributed by atoms with Crippen LogP contribution in [-0.2, 0) is 4.79 Å². The van der Waals surface area contributed by atoms with Crippen LogP contribution in [0.5, 0.6) is 0 Å². The second kappa shape index (κ2) is 12.5. The molecule has 1 rings (SSSR count). The van der Waals surface area contributed by atoms with E-state index >= 15 is 0 Å². The molecule has 0 spiro atoms. The van der Waals surface area contributed by atoms with Crippen LogP contribution in [-0.4, -0.2) is 31.4 Å². The number of carbonyl (C=O) groups is 2. The standard InChI is InChI=1S/C19H31N3O2/c1-3-5-6-7-8-13-20-15-18(23)22-17-11-9-10-16(14-17)19(24)21-12-4-2/h9-11,14,20H,3-8,12-13,15H2,1-2H3,(H,21,24)(H,22,23). The molecule has 0 aliphatic heterocycles. The van der Waals surface area contributed by atoms with Crippen LogP contribution in [0.1, 0.15) is 62.7 Å². The molecule has 0 bridgehead atoms. The van der Waals surface area contributed by atoms with E-state index < -0.39 is 0 Å². The average Bonchev–Trinajstić information content (AvgIpc) is 2.59. The van der Waals surface area contributed by atoms with Gasteiger partial charge in [-0.1, -0.05) is 45.6 Å². The Balaban J connectivity index is 2.30. The summed E-state index contributed by atoms with van der Waals surface area (Å²) in [5.74, 6) is -0.201. The Bertz CT molecular complexity index is 503. The second-order valence-electron chi connectivity index (χ2n) is 5.98. The van der Waals surface area contributed by atoms with Gasteiger partial charge in [0.2, 0.25) is 5.91 Å². The molecule has 0 heterocycles. The molecule has 24 heavy (non-hydrogen) atoms. The van der Waals surface area contributed by atoms with Crippen LogP contribution >= 0.6 is 0 Å². The molecule has 0 saturated carbocycles. The topological polar surface area (TPSA) is 70.2 Å². The average molecular weight is 333 g/mol. The molecular formula is C19H31N3O2. The summed E-state index contributed by atoms with van der Waals surface area (Å²) in [5, 5.41) is 8.81. The monoisotopic (exact) mass is 333 g/mol. The van der Waals surface area contributed by atoms with Gasteiger partial charge in [-0.05, 0) is 37.6 Å². The Hall–Kier alpha value is -1.88. The number of hydrogen-bond acceptors (Lipinski definition) is 3. The highest BCUT2D eigenvalue weighted by Gasteiger charge is 2.07. The highest BCUT2D eigenvalue weighted by atomic mass is 16.2. The lowest BCUT2D eigenvalue weighted by Crippen LogP contribution is -2.29. The van der Waals surface area contributed by atoms with E-state index in [0.717, 1.165) is 19.4 Å². The van der Waals surface area contributed by atoms with Gasteiger partial charge in [-0.2, -0.15) is 0 Å². The van der Waals surface area contributed by atoms with E-state index in [4.69, 9.17) is 0 Å². The Kier molecular flexibility index (Phi) is 10.5. The van der Waals surface area contributed by atoms with Gasteiger partial charge in [0.15, 0.2) is 0 Å². The van der Waals surface area contributed by atoms with Crippen LogP contribution in [0.3, 0.4) is 0 Å². The van der Waals surface area contributed by atoms with E-state index in [0.29, 0.717) is 24.3 Å². The van der Waals surface area contributed by atoms with E-state index in [1.807, 2.05) is 6.92 Å². The minimum Gasteiger partial charge on any atom is -0.352 e.